The number of nitrogens with one attached hydrogen (secondary N) is 2. The van der Waals surface area contributed by atoms with E-state index in [-0.39, 0.29) is 66.4 Å². The number of hydrogen-bond acceptors (Lipinski definition) is 11. The number of nitrogens with zero attached hydrogens (tertiary/aromatic N) is 1. The summed E-state index contributed by atoms with van der Waals surface area (Å²) in [5.74, 6) is -3.01. The van der Waals surface area contributed by atoms with Crippen LogP contribution in [0.25, 0.3) is 0 Å². The first-order valence-electron chi connectivity index (χ1n) is 21.8. The van der Waals surface area contributed by atoms with E-state index in [0.29, 0.717) is 44.1 Å². The third-order valence-corrected chi connectivity index (χ3v) is 13.7. The Morgan fingerprint density at radius 2 is 1.68 bits per heavy atom. The number of nitrogens with two attached hydrogens (primary N) is 1. The molecule has 4 rings (SSSR count). The van der Waals surface area contributed by atoms with Crippen LogP contribution in [-0.2, 0) is 9.59 Å². The molecule has 2 heterocycles. The normalized spacial score (nSPS) is 32.2. The summed E-state index contributed by atoms with van der Waals surface area (Å²) in [5, 5.41) is 96.8. The van der Waals surface area contributed by atoms with Crippen LogP contribution in [0.2, 0.25) is 0 Å². The van der Waals surface area contributed by atoms with Crippen molar-refractivity contribution >= 4 is 17.6 Å². The average Bonchev–Trinajstić information content (AvgIpc) is 3.81. The Morgan fingerprint density at radius 1 is 1.00 bits per heavy atom. The lowest BCUT2D eigenvalue weighted by Gasteiger charge is -2.54. The van der Waals surface area contributed by atoms with Crippen LogP contribution in [0.5, 0.6) is 0 Å². The van der Waals surface area contributed by atoms with E-state index in [0.717, 1.165) is 25.0 Å². The minimum atomic E-state index is -1.08. The molecular formula is C46H72N4O10. The quantitative estimate of drug-likeness (QED) is 0.0224. The molecule has 0 aromatic carbocycles. The zero-order chi connectivity index (χ0) is 44.5. The van der Waals surface area contributed by atoms with Crippen molar-refractivity contribution in [1.82, 2.24) is 10.2 Å². The predicted molar refractivity (Wildman–Crippen MR) is 230 cm³/mol. The van der Waals surface area contributed by atoms with Gasteiger partial charge in [0.05, 0.1) is 49.3 Å². The molecule has 1 saturated carbocycles. The van der Waals surface area contributed by atoms with Gasteiger partial charge >= 0.3 is 0 Å². The molecule has 14 atom stereocenters. The zero-order valence-electron chi connectivity index (χ0n) is 36.0. The SMILES string of the molecule is CC1=CC2C(O)C(O)CCC2C(C)(/C(O)=C2/C(=O)CNC2=O)C1CCC(C)C(O)/C(C)=C/CC(O)/C=C/C(C)C(O)/C=C/CC(O)/C=C/CC(O)CC1CCCN1C(=N)N. The topological polar surface area (TPSA) is 261 Å². The number of fused-ring (bicyclic) bond motifs is 1. The van der Waals surface area contributed by atoms with Gasteiger partial charge in [-0.3, -0.25) is 15.0 Å². The molecule has 0 aromatic rings. The summed E-state index contributed by atoms with van der Waals surface area (Å²) < 4.78 is 0. The fourth-order valence-corrected chi connectivity index (χ4v) is 9.89. The van der Waals surface area contributed by atoms with Crippen LogP contribution in [-0.4, -0.2) is 125 Å². The number of aliphatic hydroxyl groups is 8. The number of hydrogen-bond donors (Lipinski definition) is 11. The van der Waals surface area contributed by atoms with Gasteiger partial charge in [0.1, 0.15) is 11.3 Å². The van der Waals surface area contributed by atoms with Gasteiger partial charge in [-0.2, -0.15) is 0 Å². The Labute approximate surface area is 355 Å². The van der Waals surface area contributed by atoms with Crippen molar-refractivity contribution in [2.75, 3.05) is 13.1 Å². The Hall–Kier alpha value is -3.63. The van der Waals surface area contributed by atoms with E-state index in [4.69, 9.17) is 11.1 Å². The highest BCUT2D eigenvalue weighted by atomic mass is 16.3. The highest BCUT2D eigenvalue weighted by Crippen LogP contribution is 2.58. The molecule has 2 aliphatic carbocycles. The van der Waals surface area contributed by atoms with E-state index in [1.54, 1.807) is 49.5 Å². The first kappa shape index (κ1) is 49.0. The molecule has 0 spiro atoms. The summed E-state index contributed by atoms with van der Waals surface area (Å²) in [4.78, 5) is 27.3. The molecule has 0 bridgehead atoms. The van der Waals surface area contributed by atoms with Gasteiger partial charge < -0.3 is 56.8 Å². The standard InChI is InChI=1S/C46H72N4O10/c1-26(37(54)13-7-11-31(51)10-6-12-33(53)24-30-9-8-22-50(30)45(47)48)14-17-32(52)18-15-27(2)41(57)28(3)16-19-35-29(4)23-34-36(20-21-38(55)42(34)58)46(35,5)43(59)40-39(56)25-49-44(40)60/h6-7,10,13-15,17,23,26,28,30-38,41-42,51-55,57-59H,8-9,11-12,16,18-22,24-25H2,1-5H3,(H3,47,48)(H,49,60)/b10-6+,13-7+,17-14+,27-15+,43-40+. The van der Waals surface area contributed by atoms with Gasteiger partial charge in [-0.1, -0.05) is 75.0 Å². The zero-order valence-corrected chi connectivity index (χ0v) is 36.0. The number of rotatable bonds is 19. The average molecular weight is 841 g/mol. The van der Waals surface area contributed by atoms with E-state index >= 15 is 0 Å². The maximum Gasteiger partial charge on any atom is 0.258 e. The molecule has 3 fully saturated rings. The Balaban J connectivity index is 1.26. The van der Waals surface area contributed by atoms with Gasteiger partial charge in [0.25, 0.3) is 5.91 Å². The Bertz CT molecular complexity index is 1670. The van der Waals surface area contributed by atoms with E-state index in [9.17, 15) is 50.4 Å². The molecule has 0 aromatic heterocycles. The maximum atomic E-state index is 12.8. The smallest absolute Gasteiger partial charge is 0.258 e. The number of likely N-dealkylation sites (tertiary alicyclic amines) is 1. The van der Waals surface area contributed by atoms with Gasteiger partial charge in [-0.05, 0) is 101 Å². The van der Waals surface area contributed by atoms with Crippen molar-refractivity contribution in [2.24, 2.45) is 40.7 Å². The molecule has 2 aliphatic heterocycles. The van der Waals surface area contributed by atoms with Crippen LogP contribution in [0.4, 0.5) is 0 Å². The molecule has 12 N–H and O–H groups in total. The molecule has 14 nitrogen and oxygen atoms in total. The fraction of sp³-hybridized carbons (Fsp3) is 0.674. The van der Waals surface area contributed by atoms with Crippen molar-refractivity contribution in [2.45, 2.75) is 148 Å². The lowest BCUT2D eigenvalue weighted by atomic mass is 9.51. The monoisotopic (exact) mass is 841 g/mol. The van der Waals surface area contributed by atoms with Gasteiger partial charge in [-0.15, -0.1) is 0 Å². The number of ketones is 1. The van der Waals surface area contributed by atoms with Crippen LogP contribution in [0.3, 0.4) is 0 Å². The molecule has 14 unspecified atom stereocenters. The molecule has 60 heavy (non-hydrogen) atoms. The third-order valence-electron chi connectivity index (χ3n) is 13.7. The number of allylic oxidation sites excluding steroid dienone is 2. The predicted octanol–water partition coefficient (Wildman–Crippen LogP) is 3.22. The second-order valence-corrected chi connectivity index (χ2v) is 18.0. The van der Waals surface area contributed by atoms with Crippen molar-refractivity contribution in [3.63, 3.8) is 0 Å². The second-order valence-electron chi connectivity index (χ2n) is 18.0. The number of amides is 1. The molecule has 2 saturated heterocycles. The second kappa shape index (κ2) is 21.9. The number of guanidine groups is 1. The largest absolute Gasteiger partial charge is 0.511 e. The van der Waals surface area contributed by atoms with Crippen molar-refractivity contribution in [3.05, 3.63) is 71.1 Å². The highest BCUT2D eigenvalue weighted by Gasteiger charge is 2.56. The van der Waals surface area contributed by atoms with Crippen LogP contribution >= 0.6 is 0 Å². The number of Topliss-reactive ketones (excluding diaryl/α,β-unsaturated/α-hetero) is 1. The first-order valence-corrected chi connectivity index (χ1v) is 21.8. The Morgan fingerprint density at radius 3 is 2.35 bits per heavy atom. The Kier molecular flexibility index (Phi) is 17.9. The molecule has 1 amide bonds. The summed E-state index contributed by atoms with van der Waals surface area (Å²) in [6, 6.07) is 0.0535. The van der Waals surface area contributed by atoms with E-state index in [1.807, 2.05) is 38.7 Å². The van der Waals surface area contributed by atoms with E-state index in [2.05, 4.69) is 5.32 Å². The van der Waals surface area contributed by atoms with Crippen LogP contribution < -0.4 is 11.1 Å². The van der Waals surface area contributed by atoms with E-state index in [1.165, 1.54) is 0 Å². The molecule has 14 heteroatoms. The summed E-state index contributed by atoms with van der Waals surface area (Å²) in [6.07, 6.45) is 12.9. The number of carbonyl (C=O) groups excluding carboxylic acids is 2. The van der Waals surface area contributed by atoms with Crippen LogP contribution in [0, 0.1) is 40.4 Å². The van der Waals surface area contributed by atoms with Crippen molar-refractivity contribution in [3.8, 4) is 0 Å². The number of aliphatic hydroxyl groups excluding tert-OH is 8. The molecule has 0 radical (unpaired) electrons. The van der Waals surface area contributed by atoms with Gasteiger partial charge in [0.2, 0.25) is 0 Å². The van der Waals surface area contributed by atoms with Crippen LogP contribution in [0.15, 0.2) is 71.1 Å². The minimum absolute atomic E-state index is 0.0272. The molecule has 4 aliphatic rings. The third kappa shape index (κ3) is 12.0. The molecular weight excluding hydrogens is 769 g/mol. The fourth-order valence-electron chi connectivity index (χ4n) is 9.89. The minimum Gasteiger partial charge on any atom is -0.511 e. The van der Waals surface area contributed by atoms with Crippen molar-refractivity contribution in [1.29, 1.82) is 5.41 Å². The van der Waals surface area contributed by atoms with Crippen molar-refractivity contribution < 1.29 is 50.4 Å². The summed E-state index contributed by atoms with van der Waals surface area (Å²) in [6.45, 7) is 9.83. The summed E-state index contributed by atoms with van der Waals surface area (Å²) in [5.41, 5.74) is 5.87. The lowest BCUT2D eigenvalue weighted by molar-refractivity contribution is -0.118. The highest BCUT2D eigenvalue weighted by molar-refractivity contribution is 6.25. The van der Waals surface area contributed by atoms with Gasteiger partial charge in [0.15, 0.2) is 11.7 Å². The van der Waals surface area contributed by atoms with Gasteiger partial charge in [0, 0.05) is 29.8 Å². The molecule has 336 valence electrons. The summed E-state index contributed by atoms with van der Waals surface area (Å²) >= 11 is 0. The lowest BCUT2D eigenvalue weighted by Crippen LogP contribution is -2.53. The first-order chi connectivity index (χ1) is 28.3. The van der Waals surface area contributed by atoms with E-state index < -0.39 is 65.8 Å². The maximum absolute atomic E-state index is 12.8. The number of carbonyl (C=O) groups is 2. The van der Waals surface area contributed by atoms with Crippen LogP contribution in [0.1, 0.15) is 98.8 Å². The summed E-state index contributed by atoms with van der Waals surface area (Å²) in [7, 11) is 0. The van der Waals surface area contributed by atoms with Gasteiger partial charge in [-0.25, -0.2) is 0 Å².